The van der Waals surface area contributed by atoms with Crippen LogP contribution in [0.15, 0.2) is 54.6 Å². The molecule has 23 heavy (non-hydrogen) atoms. The summed E-state index contributed by atoms with van der Waals surface area (Å²) in [7, 11) is 7.40. The molecule has 0 saturated heterocycles. The van der Waals surface area contributed by atoms with Crippen molar-refractivity contribution in [3.8, 4) is 11.5 Å². The van der Waals surface area contributed by atoms with Crippen molar-refractivity contribution in [3.63, 3.8) is 0 Å². The highest BCUT2D eigenvalue weighted by atomic mass is 16.5. The van der Waals surface area contributed by atoms with Gasteiger partial charge < -0.3 is 14.4 Å². The first-order valence-corrected chi connectivity index (χ1v) is 7.48. The molecule has 0 saturated carbocycles. The molecule has 2 aromatic rings. The van der Waals surface area contributed by atoms with Crippen LogP contribution >= 0.6 is 0 Å². The summed E-state index contributed by atoms with van der Waals surface area (Å²) in [5.41, 5.74) is 3.34. The topological polar surface area (TPSA) is 21.7 Å². The number of rotatable bonds is 6. The summed E-state index contributed by atoms with van der Waals surface area (Å²) >= 11 is 0. The number of benzene rings is 2. The molecule has 3 nitrogen and oxygen atoms in total. The summed E-state index contributed by atoms with van der Waals surface area (Å²) in [5.74, 6) is 1.64. The van der Waals surface area contributed by atoms with Gasteiger partial charge >= 0.3 is 0 Å². The fourth-order valence-electron chi connectivity index (χ4n) is 2.18. The monoisotopic (exact) mass is 309 g/mol. The second kappa shape index (κ2) is 8.08. The zero-order valence-electron chi connectivity index (χ0n) is 14.1. The molecule has 0 aromatic heterocycles. The first kappa shape index (κ1) is 16.7. The van der Waals surface area contributed by atoms with Crippen LogP contribution in [0.4, 0.5) is 5.69 Å². The van der Waals surface area contributed by atoms with Crippen LogP contribution in [0.1, 0.15) is 11.1 Å². The standard InChI is InChI=1S/C20H23NO2/c1-21(2)18-11-9-16(10-12-18)7-5-6-8-17-15-19(22-3)13-14-20(17)23-4/h5-15H,1-4H3. The van der Waals surface area contributed by atoms with Gasteiger partial charge in [0.2, 0.25) is 0 Å². The van der Waals surface area contributed by atoms with E-state index in [9.17, 15) is 0 Å². The van der Waals surface area contributed by atoms with Crippen LogP contribution in [0.25, 0.3) is 12.2 Å². The van der Waals surface area contributed by atoms with E-state index in [-0.39, 0.29) is 0 Å². The first-order chi connectivity index (χ1) is 11.1. The van der Waals surface area contributed by atoms with Crippen molar-refractivity contribution in [1.82, 2.24) is 0 Å². The average molecular weight is 309 g/mol. The van der Waals surface area contributed by atoms with Crippen molar-refractivity contribution in [3.05, 3.63) is 65.7 Å². The molecule has 3 heteroatoms. The van der Waals surface area contributed by atoms with E-state index in [0.717, 1.165) is 22.6 Å². The Kier molecular flexibility index (Phi) is 5.87. The van der Waals surface area contributed by atoms with E-state index in [2.05, 4.69) is 35.2 Å². The van der Waals surface area contributed by atoms with Gasteiger partial charge in [0, 0.05) is 25.3 Å². The van der Waals surface area contributed by atoms with Crippen LogP contribution in [0.5, 0.6) is 11.5 Å². The van der Waals surface area contributed by atoms with Crippen molar-refractivity contribution in [2.75, 3.05) is 33.2 Å². The quantitative estimate of drug-likeness (QED) is 0.734. The van der Waals surface area contributed by atoms with Crippen LogP contribution in [0.2, 0.25) is 0 Å². The van der Waals surface area contributed by atoms with Gasteiger partial charge in [0.1, 0.15) is 11.5 Å². The molecule has 120 valence electrons. The number of anilines is 1. The summed E-state index contributed by atoms with van der Waals surface area (Å²) < 4.78 is 10.6. The van der Waals surface area contributed by atoms with Crippen molar-refractivity contribution >= 4 is 17.8 Å². The lowest BCUT2D eigenvalue weighted by molar-refractivity contribution is 0.402. The van der Waals surface area contributed by atoms with Crippen LogP contribution in [0, 0.1) is 0 Å². The lowest BCUT2D eigenvalue weighted by atomic mass is 10.1. The lowest BCUT2D eigenvalue weighted by Gasteiger charge is -2.11. The molecular weight excluding hydrogens is 286 g/mol. The van der Waals surface area contributed by atoms with Gasteiger partial charge in [-0.2, -0.15) is 0 Å². The van der Waals surface area contributed by atoms with Gasteiger partial charge in [-0.05, 0) is 35.9 Å². The summed E-state index contributed by atoms with van der Waals surface area (Å²) in [4.78, 5) is 2.09. The molecule has 0 radical (unpaired) electrons. The number of allylic oxidation sites excluding steroid dienone is 2. The minimum atomic E-state index is 0.814. The van der Waals surface area contributed by atoms with E-state index in [1.807, 2.05) is 50.5 Å². The second-order valence-electron chi connectivity index (χ2n) is 5.31. The van der Waals surface area contributed by atoms with Gasteiger partial charge in [0.15, 0.2) is 0 Å². The molecule has 0 amide bonds. The molecule has 0 atom stereocenters. The third-order valence-corrected chi connectivity index (χ3v) is 3.52. The predicted octanol–water partition coefficient (Wildman–Crippen LogP) is 4.50. The van der Waals surface area contributed by atoms with Gasteiger partial charge in [-0.25, -0.2) is 0 Å². The summed E-state index contributed by atoms with van der Waals surface area (Å²) in [6.07, 6.45) is 8.09. The maximum atomic E-state index is 5.36. The fraction of sp³-hybridized carbons (Fsp3) is 0.200. The van der Waals surface area contributed by atoms with Crippen molar-refractivity contribution < 1.29 is 9.47 Å². The molecule has 0 unspecified atom stereocenters. The van der Waals surface area contributed by atoms with E-state index >= 15 is 0 Å². The Morgan fingerprint density at radius 2 is 1.52 bits per heavy atom. The molecule has 0 heterocycles. The van der Waals surface area contributed by atoms with Crippen LogP contribution in [-0.4, -0.2) is 28.3 Å². The van der Waals surface area contributed by atoms with Gasteiger partial charge in [-0.1, -0.05) is 36.4 Å². The van der Waals surface area contributed by atoms with E-state index < -0.39 is 0 Å². The second-order valence-corrected chi connectivity index (χ2v) is 5.31. The highest BCUT2D eigenvalue weighted by Gasteiger charge is 2.01. The molecule has 2 rings (SSSR count). The summed E-state index contributed by atoms with van der Waals surface area (Å²) in [6, 6.07) is 14.2. The fourth-order valence-corrected chi connectivity index (χ4v) is 2.18. The third kappa shape index (κ3) is 4.65. The van der Waals surface area contributed by atoms with Gasteiger partial charge in [-0.3, -0.25) is 0 Å². The Hall–Kier alpha value is -2.68. The molecule has 0 aliphatic heterocycles. The Balaban J connectivity index is 2.08. The Labute approximate surface area is 138 Å². The lowest BCUT2D eigenvalue weighted by Crippen LogP contribution is -2.07. The largest absolute Gasteiger partial charge is 0.497 e. The van der Waals surface area contributed by atoms with Crippen molar-refractivity contribution in [2.45, 2.75) is 0 Å². The molecule has 0 spiro atoms. The molecule has 0 aliphatic carbocycles. The minimum absolute atomic E-state index is 0.814. The minimum Gasteiger partial charge on any atom is -0.497 e. The zero-order valence-corrected chi connectivity index (χ0v) is 14.1. The first-order valence-electron chi connectivity index (χ1n) is 7.48. The number of hydrogen-bond donors (Lipinski definition) is 0. The summed E-state index contributed by atoms with van der Waals surface area (Å²) in [6.45, 7) is 0. The maximum absolute atomic E-state index is 5.36. The van der Waals surface area contributed by atoms with E-state index in [0.29, 0.717) is 0 Å². The molecule has 2 aromatic carbocycles. The number of hydrogen-bond acceptors (Lipinski definition) is 3. The van der Waals surface area contributed by atoms with E-state index in [4.69, 9.17) is 9.47 Å². The Morgan fingerprint density at radius 1 is 0.826 bits per heavy atom. The van der Waals surface area contributed by atoms with Crippen LogP contribution in [0.3, 0.4) is 0 Å². The number of nitrogens with zero attached hydrogens (tertiary/aromatic N) is 1. The zero-order chi connectivity index (χ0) is 16.7. The Bertz CT molecular complexity index is 685. The number of methoxy groups -OCH3 is 2. The van der Waals surface area contributed by atoms with Gasteiger partial charge in [-0.15, -0.1) is 0 Å². The van der Waals surface area contributed by atoms with Crippen LogP contribution in [-0.2, 0) is 0 Å². The highest BCUT2D eigenvalue weighted by molar-refractivity contribution is 5.63. The van der Waals surface area contributed by atoms with Crippen molar-refractivity contribution in [2.24, 2.45) is 0 Å². The van der Waals surface area contributed by atoms with Crippen LogP contribution < -0.4 is 14.4 Å². The number of ether oxygens (including phenoxy) is 2. The molecule has 0 N–H and O–H groups in total. The average Bonchev–Trinajstić information content (AvgIpc) is 2.58. The maximum Gasteiger partial charge on any atom is 0.126 e. The SMILES string of the molecule is COc1ccc(OC)c(C=CC=Cc2ccc(N(C)C)cc2)c1. The molecule has 0 fully saturated rings. The molecule has 0 bridgehead atoms. The predicted molar refractivity (Wildman–Crippen MR) is 98.4 cm³/mol. The summed E-state index contributed by atoms with van der Waals surface area (Å²) in [5, 5.41) is 0. The van der Waals surface area contributed by atoms with Gasteiger partial charge in [0.25, 0.3) is 0 Å². The normalized spacial score (nSPS) is 11.1. The van der Waals surface area contributed by atoms with Crippen molar-refractivity contribution in [1.29, 1.82) is 0 Å². The third-order valence-electron chi connectivity index (χ3n) is 3.52. The molecular formula is C20H23NO2. The van der Waals surface area contributed by atoms with E-state index in [1.165, 1.54) is 5.69 Å². The Morgan fingerprint density at radius 3 is 2.13 bits per heavy atom. The van der Waals surface area contributed by atoms with Gasteiger partial charge in [0.05, 0.1) is 14.2 Å². The van der Waals surface area contributed by atoms with E-state index in [1.54, 1.807) is 14.2 Å². The smallest absolute Gasteiger partial charge is 0.126 e. The molecule has 0 aliphatic rings. The highest BCUT2D eigenvalue weighted by Crippen LogP contribution is 2.25.